The van der Waals surface area contributed by atoms with Crippen molar-refractivity contribution in [1.29, 1.82) is 0 Å². The van der Waals surface area contributed by atoms with Gasteiger partial charge in [-0.3, -0.25) is 0 Å². The van der Waals surface area contributed by atoms with Crippen molar-refractivity contribution in [2.75, 3.05) is 7.05 Å². The summed E-state index contributed by atoms with van der Waals surface area (Å²) >= 11 is 3.11. The van der Waals surface area contributed by atoms with E-state index in [2.05, 4.69) is 15.9 Å². The number of benzene rings is 1. The topological polar surface area (TPSA) is 20.3 Å². The Morgan fingerprint density at radius 1 is 1.19 bits per heavy atom. The smallest absolute Gasteiger partial charge is 0.242 e. The molecule has 0 saturated heterocycles. The third kappa shape index (κ3) is 4.79. The summed E-state index contributed by atoms with van der Waals surface area (Å²) in [4.78, 5) is 0. The van der Waals surface area contributed by atoms with Crippen LogP contribution >= 0.6 is 15.9 Å². The van der Waals surface area contributed by atoms with Crippen LogP contribution in [-0.2, 0) is 17.2 Å². The van der Waals surface area contributed by atoms with Gasteiger partial charge in [0.1, 0.15) is 0 Å². The SMILES string of the molecule is C[C@@H](c1cc(Br)cc(C(F)(F)F)c1)N(C)S(=O)C(C)(C)C. The van der Waals surface area contributed by atoms with Gasteiger partial charge in [-0.05, 0) is 51.5 Å². The van der Waals surface area contributed by atoms with Gasteiger partial charge in [-0.1, -0.05) is 15.9 Å². The lowest BCUT2D eigenvalue weighted by molar-refractivity contribution is -0.137. The van der Waals surface area contributed by atoms with E-state index >= 15 is 0 Å². The Morgan fingerprint density at radius 3 is 2.14 bits per heavy atom. The minimum absolute atomic E-state index is 0.356. The Balaban J connectivity index is 3.16. The maximum absolute atomic E-state index is 12.9. The summed E-state index contributed by atoms with van der Waals surface area (Å²) in [6.45, 7) is 7.22. The molecule has 0 heterocycles. The average Bonchev–Trinajstić information content (AvgIpc) is 2.33. The zero-order valence-corrected chi connectivity index (χ0v) is 15.0. The zero-order valence-electron chi connectivity index (χ0n) is 12.6. The van der Waals surface area contributed by atoms with E-state index in [9.17, 15) is 17.4 Å². The molecule has 0 spiro atoms. The highest BCUT2D eigenvalue weighted by atomic mass is 79.9. The van der Waals surface area contributed by atoms with Gasteiger partial charge in [0.2, 0.25) is 0 Å². The molecule has 1 unspecified atom stereocenters. The van der Waals surface area contributed by atoms with Crippen LogP contribution in [0.25, 0.3) is 0 Å². The molecule has 1 aromatic carbocycles. The summed E-state index contributed by atoms with van der Waals surface area (Å²) in [5.74, 6) is 0. The lowest BCUT2D eigenvalue weighted by Gasteiger charge is -2.30. The van der Waals surface area contributed by atoms with E-state index < -0.39 is 33.5 Å². The molecule has 0 aliphatic rings. The summed E-state index contributed by atoms with van der Waals surface area (Å²) in [5.41, 5.74) is -0.245. The molecule has 0 N–H and O–H groups in total. The van der Waals surface area contributed by atoms with E-state index in [1.165, 1.54) is 0 Å². The molecular formula is C14H19BrF3NOS. The Bertz CT molecular complexity index is 540. The Labute approximate surface area is 134 Å². The first-order chi connectivity index (χ1) is 9.34. The lowest BCUT2D eigenvalue weighted by Crippen LogP contribution is -2.36. The average molecular weight is 386 g/mol. The number of halogens is 4. The molecule has 0 aliphatic heterocycles. The summed E-state index contributed by atoms with van der Waals surface area (Å²) < 4.78 is 52.4. The Morgan fingerprint density at radius 2 is 1.71 bits per heavy atom. The van der Waals surface area contributed by atoms with Gasteiger partial charge in [0, 0.05) is 17.6 Å². The summed E-state index contributed by atoms with van der Waals surface area (Å²) in [5, 5.41) is 0. The first kappa shape index (κ1) is 18.6. The third-order valence-corrected chi connectivity index (χ3v) is 5.41. The molecule has 0 saturated carbocycles. The van der Waals surface area contributed by atoms with Gasteiger partial charge >= 0.3 is 6.18 Å². The van der Waals surface area contributed by atoms with Crippen molar-refractivity contribution < 1.29 is 17.4 Å². The second-order valence-electron chi connectivity index (χ2n) is 5.85. The fourth-order valence-electron chi connectivity index (χ4n) is 1.80. The minimum atomic E-state index is -4.40. The van der Waals surface area contributed by atoms with Crippen molar-refractivity contribution >= 4 is 26.9 Å². The quantitative estimate of drug-likeness (QED) is 0.722. The van der Waals surface area contributed by atoms with Gasteiger partial charge < -0.3 is 0 Å². The first-order valence-corrected chi connectivity index (χ1v) is 8.26. The normalized spacial score (nSPS) is 16.1. The number of hydrogen-bond acceptors (Lipinski definition) is 1. The highest BCUT2D eigenvalue weighted by Crippen LogP contribution is 2.35. The van der Waals surface area contributed by atoms with Crippen LogP contribution in [0.15, 0.2) is 22.7 Å². The van der Waals surface area contributed by atoms with Gasteiger partial charge in [-0.25, -0.2) is 8.51 Å². The molecule has 0 radical (unpaired) electrons. The van der Waals surface area contributed by atoms with E-state index in [1.807, 2.05) is 20.8 Å². The van der Waals surface area contributed by atoms with Crippen LogP contribution in [0.2, 0.25) is 0 Å². The third-order valence-electron chi connectivity index (χ3n) is 3.06. The summed E-state index contributed by atoms with van der Waals surface area (Å²) in [6, 6.07) is 3.36. The first-order valence-electron chi connectivity index (χ1n) is 6.36. The molecule has 2 nitrogen and oxygen atoms in total. The molecule has 0 bridgehead atoms. The van der Waals surface area contributed by atoms with Crippen LogP contribution < -0.4 is 0 Å². The van der Waals surface area contributed by atoms with Crippen LogP contribution in [0.5, 0.6) is 0 Å². The van der Waals surface area contributed by atoms with Crippen molar-refractivity contribution in [2.45, 2.75) is 44.7 Å². The standard InChI is InChI=1S/C14H19BrF3NOS/c1-9(19(5)21(20)13(2,3)4)10-6-11(14(16,17)18)8-12(15)7-10/h6-9H,1-5H3/t9-,21?/m0/s1. The molecule has 0 aromatic heterocycles. The molecule has 7 heteroatoms. The fraction of sp³-hybridized carbons (Fsp3) is 0.571. The Kier molecular flexibility index (Phi) is 5.67. The van der Waals surface area contributed by atoms with Crippen molar-refractivity contribution in [3.8, 4) is 0 Å². The predicted octanol–water partition coefficient (Wildman–Crippen LogP) is 4.92. The van der Waals surface area contributed by atoms with Crippen molar-refractivity contribution in [2.24, 2.45) is 0 Å². The molecule has 0 fully saturated rings. The fourth-order valence-corrected chi connectivity index (χ4v) is 3.59. The lowest BCUT2D eigenvalue weighted by atomic mass is 10.1. The maximum Gasteiger partial charge on any atom is 0.416 e. The van der Waals surface area contributed by atoms with Gasteiger partial charge in [0.25, 0.3) is 0 Å². The van der Waals surface area contributed by atoms with E-state index in [-0.39, 0.29) is 0 Å². The van der Waals surface area contributed by atoms with Crippen molar-refractivity contribution in [3.05, 3.63) is 33.8 Å². The van der Waals surface area contributed by atoms with Crippen LogP contribution in [0.3, 0.4) is 0 Å². The second kappa shape index (κ2) is 6.38. The van der Waals surface area contributed by atoms with Crippen LogP contribution in [-0.4, -0.2) is 20.3 Å². The van der Waals surface area contributed by atoms with Gasteiger partial charge in [-0.2, -0.15) is 13.2 Å². The van der Waals surface area contributed by atoms with E-state index in [1.54, 1.807) is 24.3 Å². The van der Waals surface area contributed by atoms with Gasteiger partial charge in [0.05, 0.1) is 21.3 Å². The number of alkyl halides is 3. The minimum Gasteiger partial charge on any atom is -0.242 e. The molecule has 0 aliphatic carbocycles. The molecule has 1 aromatic rings. The van der Waals surface area contributed by atoms with Crippen LogP contribution in [0, 0.1) is 0 Å². The molecule has 2 atom stereocenters. The highest BCUT2D eigenvalue weighted by Gasteiger charge is 2.33. The van der Waals surface area contributed by atoms with Crippen molar-refractivity contribution in [1.82, 2.24) is 4.31 Å². The number of nitrogens with zero attached hydrogens (tertiary/aromatic N) is 1. The van der Waals surface area contributed by atoms with Gasteiger partial charge in [-0.15, -0.1) is 0 Å². The molecular weight excluding hydrogens is 367 g/mol. The van der Waals surface area contributed by atoms with Crippen LogP contribution in [0.1, 0.15) is 44.9 Å². The van der Waals surface area contributed by atoms with E-state index in [0.29, 0.717) is 10.0 Å². The largest absolute Gasteiger partial charge is 0.416 e. The summed E-state index contributed by atoms with van der Waals surface area (Å²) in [6.07, 6.45) is -4.40. The predicted molar refractivity (Wildman–Crippen MR) is 83.2 cm³/mol. The molecule has 120 valence electrons. The highest BCUT2D eigenvalue weighted by molar-refractivity contribution is 9.10. The maximum atomic E-state index is 12.9. The van der Waals surface area contributed by atoms with Gasteiger partial charge in [0.15, 0.2) is 0 Å². The van der Waals surface area contributed by atoms with Crippen molar-refractivity contribution in [3.63, 3.8) is 0 Å². The second-order valence-corrected chi connectivity index (χ2v) is 9.07. The summed E-state index contributed by atoms with van der Waals surface area (Å²) in [7, 11) is 0.343. The molecule has 1 rings (SSSR count). The monoisotopic (exact) mass is 385 g/mol. The van der Waals surface area contributed by atoms with Crippen LogP contribution in [0.4, 0.5) is 13.2 Å². The van der Waals surface area contributed by atoms with E-state index in [0.717, 1.165) is 12.1 Å². The molecule has 0 amide bonds. The Hall–Kier alpha value is -0.400. The molecule has 21 heavy (non-hydrogen) atoms. The number of hydrogen-bond donors (Lipinski definition) is 0. The zero-order chi connectivity index (χ0) is 16.6. The van der Waals surface area contributed by atoms with E-state index in [4.69, 9.17) is 0 Å². The number of rotatable bonds is 3.